The van der Waals surface area contributed by atoms with E-state index in [1.165, 1.54) is 18.4 Å². The van der Waals surface area contributed by atoms with Crippen molar-refractivity contribution < 1.29 is 4.79 Å². The minimum absolute atomic E-state index is 0.105. The Morgan fingerprint density at radius 1 is 1.39 bits per heavy atom. The zero-order chi connectivity index (χ0) is 12.8. The van der Waals surface area contributed by atoms with Crippen LogP contribution in [0, 0.1) is 0 Å². The number of carbonyl (C=O) groups is 1. The van der Waals surface area contributed by atoms with E-state index in [4.69, 9.17) is 0 Å². The van der Waals surface area contributed by atoms with Crippen LogP contribution >= 0.6 is 0 Å². The van der Waals surface area contributed by atoms with Crippen LogP contribution in [0.2, 0.25) is 0 Å². The van der Waals surface area contributed by atoms with Crippen molar-refractivity contribution in [3.05, 3.63) is 29.3 Å². The molecule has 1 amide bonds. The minimum atomic E-state index is -0.394. The van der Waals surface area contributed by atoms with Crippen molar-refractivity contribution in [3.63, 3.8) is 0 Å². The molecule has 0 radical (unpaired) electrons. The van der Waals surface area contributed by atoms with Crippen LogP contribution in [0.15, 0.2) is 18.2 Å². The second-order valence-electron chi connectivity index (χ2n) is 5.96. The lowest BCUT2D eigenvalue weighted by atomic mass is 9.85. The fourth-order valence-electron chi connectivity index (χ4n) is 2.96. The molecule has 1 fully saturated rings. The van der Waals surface area contributed by atoms with Gasteiger partial charge >= 0.3 is 0 Å². The van der Waals surface area contributed by atoms with Gasteiger partial charge in [0, 0.05) is 11.7 Å². The highest BCUT2D eigenvalue weighted by molar-refractivity contribution is 6.05. The van der Waals surface area contributed by atoms with Crippen LogP contribution in [0.5, 0.6) is 0 Å². The van der Waals surface area contributed by atoms with Crippen molar-refractivity contribution in [1.82, 2.24) is 5.32 Å². The zero-order valence-electron chi connectivity index (χ0n) is 11.0. The molecule has 18 heavy (non-hydrogen) atoms. The molecule has 1 saturated heterocycles. The highest BCUT2D eigenvalue weighted by atomic mass is 16.2. The van der Waals surface area contributed by atoms with Gasteiger partial charge in [0.15, 0.2) is 0 Å². The monoisotopic (exact) mass is 244 g/mol. The Morgan fingerprint density at radius 2 is 2.22 bits per heavy atom. The number of rotatable bonds is 2. The van der Waals surface area contributed by atoms with Gasteiger partial charge in [-0.15, -0.1) is 0 Å². The number of hydrogen-bond acceptors (Lipinski definition) is 2. The summed E-state index contributed by atoms with van der Waals surface area (Å²) in [5.41, 5.74) is 3.06. The molecule has 3 nitrogen and oxygen atoms in total. The van der Waals surface area contributed by atoms with Crippen molar-refractivity contribution in [3.8, 4) is 0 Å². The Balaban J connectivity index is 1.87. The quantitative estimate of drug-likeness (QED) is 0.837. The second-order valence-corrected chi connectivity index (χ2v) is 5.96. The fourth-order valence-corrected chi connectivity index (χ4v) is 2.96. The van der Waals surface area contributed by atoms with Gasteiger partial charge in [0.25, 0.3) is 0 Å². The maximum atomic E-state index is 11.9. The largest absolute Gasteiger partial charge is 0.325 e. The van der Waals surface area contributed by atoms with E-state index in [1.54, 1.807) is 0 Å². The van der Waals surface area contributed by atoms with Gasteiger partial charge in [0.2, 0.25) is 5.91 Å². The van der Waals surface area contributed by atoms with Crippen LogP contribution in [0.3, 0.4) is 0 Å². The van der Waals surface area contributed by atoms with E-state index >= 15 is 0 Å². The molecule has 1 unspecified atom stereocenters. The average molecular weight is 244 g/mol. The summed E-state index contributed by atoms with van der Waals surface area (Å²) >= 11 is 0. The molecule has 0 bridgehead atoms. The van der Waals surface area contributed by atoms with Crippen molar-refractivity contribution in [2.75, 3.05) is 11.9 Å². The summed E-state index contributed by atoms with van der Waals surface area (Å²) in [6.45, 7) is 5.12. The van der Waals surface area contributed by atoms with E-state index in [2.05, 4.69) is 22.8 Å². The van der Waals surface area contributed by atoms with Crippen molar-refractivity contribution in [2.24, 2.45) is 0 Å². The number of fused-ring (bicyclic) bond motifs is 1. The molecule has 0 spiro atoms. The van der Waals surface area contributed by atoms with Crippen molar-refractivity contribution >= 4 is 11.6 Å². The highest BCUT2D eigenvalue weighted by Crippen LogP contribution is 2.37. The predicted octanol–water partition coefficient (Wildman–Crippen LogP) is 2.21. The number of nitrogens with one attached hydrogen (secondary N) is 2. The van der Waals surface area contributed by atoms with Gasteiger partial charge in [-0.2, -0.15) is 0 Å². The normalized spacial score (nSPS) is 25.0. The van der Waals surface area contributed by atoms with Gasteiger partial charge in [-0.25, -0.2) is 0 Å². The smallest absolute Gasteiger partial charge is 0.234 e. The Bertz CT molecular complexity index is 487. The molecule has 3 rings (SSSR count). The van der Waals surface area contributed by atoms with Crippen LogP contribution < -0.4 is 10.6 Å². The van der Waals surface area contributed by atoms with Crippen LogP contribution in [-0.2, 0) is 16.6 Å². The molecule has 2 aliphatic rings. The van der Waals surface area contributed by atoms with E-state index in [1.807, 2.05) is 19.9 Å². The van der Waals surface area contributed by atoms with Gasteiger partial charge in [0.1, 0.15) is 0 Å². The summed E-state index contributed by atoms with van der Waals surface area (Å²) in [4.78, 5) is 11.9. The Kier molecular flexibility index (Phi) is 2.67. The summed E-state index contributed by atoms with van der Waals surface area (Å²) in [6, 6.07) is 7.00. The molecule has 2 heterocycles. The van der Waals surface area contributed by atoms with Crippen molar-refractivity contribution in [1.29, 1.82) is 0 Å². The molecule has 96 valence electrons. The van der Waals surface area contributed by atoms with Gasteiger partial charge < -0.3 is 10.6 Å². The molecule has 2 N–H and O–H groups in total. The lowest BCUT2D eigenvalue weighted by molar-refractivity contribution is -0.119. The summed E-state index contributed by atoms with van der Waals surface area (Å²) in [6.07, 6.45) is 3.61. The van der Waals surface area contributed by atoms with Crippen LogP contribution in [-0.4, -0.2) is 18.5 Å². The van der Waals surface area contributed by atoms with Crippen molar-refractivity contribution in [2.45, 2.75) is 44.6 Å². The molecule has 3 heteroatoms. The van der Waals surface area contributed by atoms with Crippen LogP contribution in [0.1, 0.15) is 37.8 Å². The van der Waals surface area contributed by atoms with Gasteiger partial charge in [-0.3, -0.25) is 4.79 Å². The first kappa shape index (κ1) is 11.7. The first-order valence-corrected chi connectivity index (χ1v) is 6.75. The van der Waals surface area contributed by atoms with E-state index in [0.717, 1.165) is 24.2 Å². The molecule has 0 aliphatic carbocycles. The minimum Gasteiger partial charge on any atom is -0.325 e. The Hall–Kier alpha value is -1.35. The summed E-state index contributed by atoms with van der Waals surface area (Å²) in [7, 11) is 0. The number of amides is 1. The summed E-state index contributed by atoms with van der Waals surface area (Å²) in [5.74, 6) is 0.105. The molecule has 1 aromatic rings. The number of hydrogen-bond donors (Lipinski definition) is 2. The third-order valence-corrected chi connectivity index (χ3v) is 4.22. The lowest BCUT2D eigenvalue weighted by Gasteiger charge is -2.17. The van der Waals surface area contributed by atoms with E-state index in [0.29, 0.717) is 6.04 Å². The molecule has 2 aliphatic heterocycles. The third-order valence-electron chi connectivity index (χ3n) is 4.22. The molecular formula is C15H20N2O. The fraction of sp³-hybridized carbons (Fsp3) is 0.533. The Labute approximate surface area is 108 Å². The molecule has 0 saturated carbocycles. The first-order valence-electron chi connectivity index (χ1n) is 6.75. The van der Waals surface area contributed by atoms with Gasteiger partial charge in [0.05, 0.1) is 5.41 Å². The maximum absolute atomic E-state index is 11.9. The zero-order valence-corrected chi connectivity index (χ0v) is 11.0. The first-order chi connectivity index (χ1) is 8.57. The number of benzene rings is 1. The topological polar surface area (TPSA) is 41.1 Å². The SMILES string of the molecule is CC1(C)C(=O)Nc2ccc(CC3CCCN3)cc21. The van der Waals surface area contributed by atoms with E-state index < -0.39 is 5.41 Å². The van der Waals surface area contributed by atoms with E-state index in [9.17, 15) is 4.79 Å². The molecule has 1 atom stereocenters. The maximum Gasteiger partial charge on any atom is 0.234 e. The molecule has 1 aromatic carbocycles. The number of anilines is 1. The molecule has 0 aromatic heterocycles. The van der Waals surface area contributed by atoms with Gasteiger partial charge in [-0.1, -0.05) is 12.1 Å². The van der Waals surface area contributed by atoms with E-state index in [-0.39, 0.29) is 5.91 Å². The predicted molar refractivity (Wildman–Crippen MR) is 72.8 cm³/mol. The summed E-state index contributed by atoms with van der Waals surface area (Å²) in [5, 5.41) is 6.47. The highest BCUT2D eigenvalue weighted by Gasteiger charge is 2.38. The van der Waals surface area contributed by atoms with Crippen LogP contribution in [0.25, 0.3) is 0 Å². The van der Waals surface area contributed by atoms with Crippen LogP contribution in [0.4, 0.5) is 5.69 Å². The second kappa shape index (κ2) is 4.09. The number of carbonyl (C=O) groups excluding carboxylic acids is 1. The summed E-state index contributed by atoms with van der Waals surface area (Å²) < 4.78 is 0. The standard InChI is InChI=1S/C15H20N2O/c1-15(2)12-9-10(8-11-4-3-7-16-11)5-6-13(12)17-14(15)18/h5-6,9,11,16H,3-4,7-8H2,1-2H3,(H,17,18). The van der Waals surface area contributed by atoms with Gasteiger partial charge in [-0.05, 0) is 56.8 Å². The lowest BCUT2D eigenvalue weighted by Crippen LogP contribution is -2.27. The molecular weight excluding hydrogens is 224 g/mol. The Morgan fingerprint density at radius 3 is 2.94 bits per heavy atom. The average Bonchev–Trinajstić information content (AvgIpc) is 2.90. The third kappa shape index (κ3) is 1.83.